The first-order valence-electron chi connectivity index (χ1n) is 9.55. The predicted octanol–water partition coefficient (Wildman–Crippen LogP) is 5.92. The van der Waals surface area contributed by atoms with Gasteiger partial charge in [0.1, 0.15) is 5.03 Å². The molecular formula is C23H22N4OS. The van der Waals surface area contributed by atoms with Crippen LogP contribution in [0.3, 0.4) is 0 Å². The lowest BCUT2D eigenvalue weighted by Gasteiger charge is -2.06. The molecule has 0 aliphatic rings. The van der Waals surface area contributed by atoms with E-state index in [4.69, 9.17) is 4.52 Å². The average molecular weight is 403 g/mol. The third-order valence-corrected chi connectivity index (χ3v) is 5.54. The second kappa shape index (κ2) is 8.57. The molecule has 0 saturated heterocycles. The van der Waals surface area contributed by atoms with Crippen molar-refractivity contribution < 1.29 is 4.52 Å². The highest BCUT2D eigenvalue weighted by Crippen LogP contribution is 2.25. The Bertz CT molecular complexity index is 1070. The summed E-state index contributed by atoms with van der Waals surface area (Å²) in [5.41, 5.74) is 5.40. The van der Waals surface area contributed by atoms with Gasteiger partial charge < -0.3 is 4.52 Å². The van der Waals surface area contributed by atoms with Crippen LogP contribution in [0.5, 0.6) is 0 Å². The van der Waals surface area contributed by atoms with Crippen LogP contribution < -0.4 is 0 Å². The Hall–Kier alpha value is -2.99. The van der Waals surface area contributed by atoms with Crippen molar-refractivity contribution in [2.45, 2.75) is 37.5 Å². The fourth-order valence-corrected chi connectivity index (χ4v) is 3.51. The van der Waals surface area contributed by atoms with Gasteiger partial charge in [0.25, 0.3) is 0 Å². The van der Waals surface area contributed by atoms with Gasteiger partial charge in [-0.25, -0.2) is 0 Å². The maximum absolute atomic E-state index is 5.36. The molecule has 29 heavy (non-hydrogen) atoms. The van der Waals surface area contributed by atoms with Gasteiger partial charge in [0.2, 0.25) is 11.7 Å². The first-order valence-corrected chi connectivity index (χ1v) is 10.5. The third-order valence-electron chi connectivity index (χ3n) is 4.63. The summed E-state index contributed by atoms with van der Waals surface area (Å²) in [6, 6.07) is 20.5. The predicted molar refractivity (Wildman–Crippen MR) is 116 cm³/mol. The van der Waals surface area contributed by atoms with Crippen LogP contribution in [-0.2, 0) is 5.75 Å². The molecule has 0 amide bonds. The summed E-state index contributed by atoms with van der Waals surface area (Å²) in [6.45, 7) is 6.43. The Morgan fingerprint density at radius 2 is 1.59 bits per heavy atom. The molecule has 4 rings (SSSR count). The number of benzene rings is 2. The Labute approximate surface area is 174 Å². The van der Waals surface area contributed by atoms with Crippen LogP contribution in [0.2, 0.25) is 0 Å². The molecule has 2 aromatic heterocycles. The molecule has 146 valence electrons. The van der Waals surface area contributed by atoms with Crippen molar-refractivity contribution in [3.05, 3.63) is 77.7 Å². The Balaban J connectivity index is 1.39. The van der Waals surface area contributed by atoms with E-state index in [1.54, 1.807) is 0 Å². The second-order valence-corrected chi connectivity index (χ2v) is 8.20. The summed E-state index contributed by atoms with van der Waals surface area (Å²) < 4.78 is 5.36. The minimum Gasteiger partial charge on any atom is -0.338 e. The standard InChI is InChI=1S/C23H22N4OS/c1-15(2)17-8-10-18(11-9-17)20-12-13-22(26-25-20)29-14-21-24-23(27-28-21)19-6-4-16(3)5-7-19/h4-13,15H,14H2,1-3H3. The summed E-state index contributed by atoms with van der Waals surface area (Å²) in [5.74, 6) is 2.24. The van der Waals surface area contributed by atoms with Gasteiger partial charge in [0, 0.05) is 11.1 Å². The van der Waals surface area contributed by atoms with Gasteiger partial charge in [-0.2, -0.15) is 4.98 Å². The topological polar surface area (TPSA) is 64.7 Å². The molecule has 4 aromatic rings. The second-order valence-electron chi connectivity index (χ2n) is 7.20. The van der Waals surface area contributed by atoms with E-state index in [2.05, 4.69) is 65.4 Å². The van der Waals surface area contributed by atoms with Gasteiger partial charge in [-0.1, -0.05) is 84.9 Å². The van der Waals surface area contributed by atoms with E-state index in [1.807, 2.05) is 36.4 Å². The van der Waals surface area contributed by atoms with Crippen molar-refractivity contribution in [1.29, 1.82) is 0 Å². The van der Waals surface area contributed by atoms with Crippen molar-refractivity contribution in [2.75, 3.05) is 0 Å². The zero-order valence-corrected chi connectivity index (χ0v) is 17.5. The Kier molecular flexibility index (Phi) is 5.71. The van der Waals surface area contributed by atoms with Crippen molar-refractivity contribution in [1.82, 2.24) is 20.3 Å². The molecule has 0 atom stereocenters. The van der Waals surface area contributed by atoms with Crippen molar-refractivity contribution >= 4 is 11.8 Å². The number of nitrogens with zero attached hydrogens (tertiary/aromatic N) is 4. The lowest BCUT2D eigenvalue weighted by Crippen LogP contribution is -1.91. The van der Waals surface area contributed by atoms with Crippen LogP contribution in [0, 0.1) is 6.92 Å². The molecule has 0 aliphatic carbocycles. The highest BCUT2D eigenvalue weighted by atomic mass is 32.2. The van der Waals surface area contributed by atoms with E-state index in [0.29, 0.717) is 23.4 Å². The normalized spacial score (nSPS) is 11.2. The SMILES string of the molecule is Cc1ccc(-c2noc(CSc3ccc(-c4ccc(C(C)C)cc4)nn3)n2)cc1. The molecule has 0 N–H and O–H groups in total. The van der Waals surface area contributed by atoms with Crippen LogP contribution in [0.15, 0.2) is 70.2 Å². The van der Waals surface area contributed by atoms with Crippen LogP contribution in [-0.4, -0.2) is 20.3 Å². The monoisotopic (exact) mass is 402 g/mol. The number of thioether (sulfide) groups is 1. The number of rotatable bonds is 6. The van der Waals surface area contributed by atoms with E-state index in [0.717, 1.165) is 21.8 Å². The summed E-state index contributed by atoms with van der Waals surface area (Å²) in [7, 11) is 0. The maximum Gasteiger partial charge on any atom is 0.237 e. The van der Waals surface area contributed by atoms with Gasteiger partial charge in [0.05, 0.1) is 11.4 Å². The van der Waals surface area contributed by atoms with Gasteiger partial charge in [-0.05, 0) is 30.5 Å². The fraction of sp³-hybridized carbons (Fsp3) is 0.217. The first kappa shape index (κ1) is 19.3. The zero-order chi connectivity index (χ0) is 20.2. The largest absolute Gasteiger partial charge is 0.338 e. The minimum absolute atomic E-state index is 0.519. The minimum atomic E-state index is 0.519. The number of hydrogen-bond acceptors (Lipinski definition) is 6. The molecule has 2 aromatic carbocycles. The van der Waals surface area contributed by atoms with E-state index < -0.39 is 0 Å². The lowest BCUT2D eigenvalue weighted by atomic mass is 10.0. The van der Waals surface area contributed by atoms with Crippen molar-refractivity contribution in [2.24, 2.45) is 0 Å². The molecule has 0 saturated carbocycles. The molecule has 2 heterocycles. The third kappa shape index (κ3) is 4.71. The average Bonchev–Trinajstić information content (AvgIpc) is 3.22. The smallest absolute Gasteiger partial charge is 0.237 e. The first-order chi connectivity index (χ1) is 14.1. The molecule has 0 radical (unpaired) electrons. The van der Waals surface area contributed by atoms with Gasteiger partial charge in [-0.3, -0.25) is 0 Å². The van der Waals surface area contributed by atoms with E-state index in [9.17, 15) is 0 Å². The number of aryl methyl sites for hydroxylation is 1. The van der Waals surface area contributed by atoms with E-state index in [-0.39, 0.29) is 0 Å². The van der Waals surface area contributed by atoms with Crippen molar-refractivity contribution in [3.63, 3.8) is 0 Å². The molecule has 5 nitrogen and oxygen atoms in total. The molecule has 0 aliphatic heterocycles. The molecule has 0 fully saturated rings. The van der Waals surface area contributed by atoms with Gasteiger partial charge >= 0.3 is 0 Å². The van der Waals surface area contributed by atoms with Gasteiger partial charge in [0.15, 0.2) is 0 Å². The van der Waals surface area contributed by atoms with Crippen LogP contribution in [0.4, 0.5) is 0 Å². The van der Waals surface area contributed by atoms with E-state index >= 15 is 0 Å². The summed E-state index contributed by atoms with van der Waals surface area (Å²) in [5, 5.41) is 13.6. The number of aromatic nitrogens is 4. The quantitative estimate of drug-likeness (QED) is 0.373. The Morgan fingerprint density at radius 3 is 2.24 bits per heavy atom. The summed E-state index contributed by atoms with van der Waals surface area (Å²) in [6.07, 6.45) is 0. The van der Waals surface area contributed by atoms with Crippen LogP contribution in [0.1, 0.15) is 36.8 Å². The summed E-state index contributed by atoms with van der Waals surface area (Å²) in [4.78, 5) is 4.47. The highest BCUT2D eigenvalue weighted by Gasteiger charge is 2.10. The summed E-state index contributed by atoms with van der Waals surface area (Å²) >= 11 is 1.52. The van der Waals surface area contributed by atoms with Gasteiger partial charge in [-0.15, -0.1) is 10.2 Å². The molecule has 0 unspecified atom stereocenters. The van der Waals surface area contributed by atoms with Crippen LogP contribution >= 0.6 is 11.8 Å². The molecule has 0 bridgehead atoms. The van der Waals surface area contributed by atoms with Crippen molar-refractivity contribution in [3.8, 4) is 22.6 Å². The molecular weight excluding hydrogens is 380 g/mol. The zero-order valence-electron chi connectivity index (χ0n) is 16.7. The maximum atomic E-state index is 5.36. The highest BCUT2D eigenvalue weighted by molar-refractivity contribution is 7.98. The molecule has 6 heteroatoms. The number of hydrogen-bond donors (Lipinski definition) is 0. The molecule has 0 spiro atoms. The van der Waals surface area contributed by atoms with Crippen LogP contribution in [0.25, 0.3) is 22.6 Å². The fourth-order valence-electron chi connectivity index (χ4n) is 2.86. The Morgan fingerprint density at radius 1 is 0.862 bits per heavy atom. The lowest BCUT2D eigenvalue weighted by molar-refractivity contribution is 0.391. The van der Waals surface area contributed by atoms with E-state index in [1.165, 1.54) is 22.9 Å².